The van der Waals surface area contributed by atoms with Crippen molar-refractivity contribution in [1.82, 2.24) is 4.90 Å². The lowest BCUT2D eigenvalue weighted by Gasteiger charge is -2.34. The Kier molecular flexibility index (Phi) is 5.22. The van der Waals surface area contributed by atoms with Crippen molar-refractivity contribution in [2.45, 2.75) is 31.5 Å². The standard InChI is InChI=1S/C18H20F3NO4/c19-18(20,21)14-5-3-11(4-6-14)15-10-22(7-8-26-15)16(23)12-1-2-13(9-12)17(24)25/h3-6,12-13,15H,1-2,7-10H2,(H,24,25)/t12-,13+,15?/m0/s1. The monoisotopic (exact) mass is 371 g/mol. The number of carboxylic acid groups (broad SMARTS) is 1. The Hall–Kier alpha value is -2.09. The lowest BCUT2D eigenvalue weighted by Crippen LogP contribution is -2.44. The van der Waals surface area contributed by atoms with Crippen LogP contribution >= 0.6 is 0 Å². The van der Waals surface area contributed by atoms with Crippen LogP contribution in [0.25, 0.3) is 0 Å². The van der Waals surface area contributed by atoms with Gasteiger partial charge in [-0.3, -0.25) is 9.59 Å². The second kappa shape index (κ2) is 7.26. The zero-order chi connectivity index (χ0) is 18.9. The van der Waals surface area contributed by atoms with Crippen molar-refractivity contribution in [3.05, 3.63) is 35.4 Å². The molecule has 1 saturated carbocycles. The molecule has 1 aromatic rings. The average molecular weight is 371 g/mol. The van der Waals surface area contributed by atoms with E-state index in [0.717, 1.165) is 12.1 Å². The molecule has 1 amide bonds. The average Bonchev–Trinajstić information content (AvgIpc) is 3.11. The Bertz CT molecular complexity index is 674. The number of rotatable bonds is 3. The van der Waals surface area contributed by atoms with E-state index in [-0.39, 0.29) is 18.4 Å². The summed E-state index contributed by atoms with van der Waals surface area (Å²) in [6.45, 7) is 0.967. The fourth-order valence-corrected chi connectivity index (χ4v) is 3.63. The first kappa shape index (κ1) is 18.7. The van der Waals surface area contributed by atoms with Gasteiger partial charge < -0.3 is 14.7 Å². The van der Waals surface area contributed by atoms with Crippen LogP contribution in [0.5, 0.6) is 0 Å². The van der Waals surface area contributed by atoms with Crippen LogP contribution in [0.2, 0.25) is 0 Å². The molecular formula is C18H20F3NO4. The van der Waals surface area contributed by atoms with Gasteiger partial charge in [0.2, 0.25) is 5.91 Å². The van der Waals surface area contributed by atoms with E-state index in [1.807, 2.05) is 0 Å². The van der Waals surface area contributed by atoms with E-state index in [9.17, 15) is 22.8 Å². The predicted octanol–water partition coefficient (Wildman–Crippen LogP) is 3.11. The lowest BCUT2D eigenvalue weighted by atomic mass is 10.0. The van der Waals surface area contributed by atoms with Gasteiger partial charge in [0.1, 0.15) is 6.10 Å². The maximum absolute atomic E-state index is 12.7. The summed E-state index contributed by atoms with van der Waals surface area (Å²) in [4.78, 5) is 25.4. The number of amides is 1. The second-order valence-corrected chi connectivity index (χ2v) is 6.81. The van der Waals surface area contributed by atoms with E-state index < -0.39 is 29.7 Å². The minimum Gasteiger partial charge on any atom is -0.481 e. The number of benzene rings is 1. The first-order chi connectivity index (χ1) is 12.3. The Labute approximate surface area is 148 Å². The summed E-state index contributed by atoms with van der Waals surface area (Å²) in [5.41, 5.74) is -0.138. The summed E-state index contributed by atoms with van der Waals surface area (Å²) in [7, 11) is 0. The van der Waals surface area contributed by atoms with E-state index in [2.05, 4.69) is 0 Å². The molecule has 2 aliphatic rings. The third-order valence-electron chi connectivity index (χ3n) is 5.12. The SMILES string of the molecule is O=C(O)[C@@H]1CC[C@H](C(=O)N2CCOC(c3ccc(C(F)(F)F)cc3)C2)C1. The molecule has 1 unspecified atom stereocenters. The molecule has 0 spiro atoms. The molecule has 1 aliphatic heterocycles. The second-order valence-electron chi connectivity index (χ2n) is 6.81. The number of ether oxygens (including phenoxy) is 1. The number of hydrogen-bond donors (Lipinski definition) is 1. The van der Waals surface area contributed by atoms with E-state index in [4.69, 9.17) is 9.84 Å². The van der Waals surface area contributed by atoms with Gasteiger partial charge in [-0.15, -0.1) is 0 Å². The van der Waals surface area contributed by atoms with Gasteiger partial charge in [-0.1, -0.05) is 12.1 Å². The van der Waals surface area contributed by atoms with Crippen LogP contribution in [0.1, 0.15) is 36.5 Å². The van der Waals surface area contributed by atoms with Crippen molar-refractivity contribution in [2.24, 2.45) is 11.8 Å². The van der Waals surface area contributed by atoms with Crippen molar-refractivity contribution in [1.29, 1.82) is 0 Å². The van der Waals surface area contributed by atoms with Gasteiger partial charge in [0.25, 0.3) is 0 Å². The fraction of sp³-hybridized carbons (Fsp3) is 0.556. The third-order valence-corrected chi connectivity index (χ3v) is 5.12. The van der Waals surface area contributed by atoms with Crippen molar-refractivity contribution in [2.75, 3.05) is 19.7 Å². The highest BCUT2D eigenvalue weighted by molar-refractivity contribution is 5.81. The van der Waals surface area contributed by atoms with E-state index >= 15 is 0 Å². The van der Waals surface area contributed by atoms with Gasteiger partial charge in [0, 0.05) is 12.5 Å². The minimum absolute atomic E-state index is 0.0889. The molecule has 3 rings (SSSR count). The number of hydrogen-bond acceptors (Lipinski definition) is 3. The minimum atomic E-state index is -4.39. The van der Waals surface area contributed by atoms with Crippen LogP contribution in [0.15, 0.2) is 24.3 Å². The van der Waals surface area contributed by atoms with E-state index in [1.54, 1.807) is 4.90 Å². The van der Waals surface area contributed by atoms with Crippen LogP contribution in [0.3, 0.4) is 0 Å². The van der Waals surface area contributed by atoms with E-state index in [0.29, 0.717) is 38.0 Å². The highest BCUT2D eigenvalue weighted by Gasteiger charge is 2.37. The van der Waals surface area contributed by atoms with E-state index in [1.165, 1.54) is 12.1 Å². The van der Waals surface area contributed by atoms with Crippen LogP contribution in [0.4, 0.5) is 13.2 Å². The smallest absolute Gasteiger partial charge is 0.416 e. The van der Waals surface area contributed by atoms with Gasteiger partial charge >= 0.3 is 12.1 Å². The summed E-state index contributed by atoms with van der Waals surface area (Å²) in [6.07, 6.45) is -3.48. The highest BCUT2D eigenvalue weighted by atomic mass is 19.4. The number of morpholine rings is 1. The highest BCUT2D eigenvalue weighted by Crippen LogP contribution is 2.34. The maximum Gasteiger partial charge on any atom is 0.416 e. The molecular weight excluding hydrogens is 351 g/mol. The van der Waals surface area contributed by atoms with Crippen molar-refractivity contribution in [3.63, 3.8) is 0 Å². The summed E-state index contributed by atoms with van der Waals surface area (Å²) in [5, 5.41) is 9.07. The van der Waals surface area contributed by atoms with Crippen LogP contribution in [-0.4, -0.2) is 41.6 Å². The summed E-state index contributed by atoms with van der Waals surface area (Å²) in [6, 6.07) is 4.76. The summed E-state index contributed by atoms with van der Waals surface area (Å²) in [5.74, 6) is -1.74. The molecule has 3 atom stereocenters. The number of carbonyl (C=O) groups excluding carboxylic acids is 1. The summed E-state index contributed by atoms with van der Waals surface area (Å²) >= 11 is 0. The molecule has 0 bridgehead atoms. The Morgan fingerprint density at radius 1 is 1.12 bits per heavy atom. The Morgan fingerprint density at radius 2 is 1.77 bits per heavy atom. The molecule has 8 heteroatoms. The molecule has 1 aromatic carbocycles. The molecule has 2 fully saturated rings. The molecule has 0 aromatic heterocycles. The van der Waals surface area contributed by atoms with Crippen molar-refractivity contribution in [3.8, 4) is 0 Å². The lowest BCUT2D eigenvalue weighted by molar-refractivity contribution is -0.144. The van der Waals surface area contributed by atoms with Crippen molar-refractivity contribution >= 4 is 11.9 Å². The predicted molar refractivity (Wildman–Crippen MR) is 85.2 cm³/mol. The molecule has 142 valence electrons. The van der Waals surface area contributed by atoms with Crippen molar-refractivity contribution < 1.29 is 32.6 Å². The van der Waals surface area contributed by atoms with Gasteiger partial charge in [0.05, 0.1) is 24.6 Å². The number of carboxylic acids is 1. The molecule has 0 radical (unpaired) electrons. The molecule has 1 heterocycles. The van der Waals surface area contributed by atoms with Gasteiger partial charge in [-0.2, -0.15) is 13.2 Å². The zero-order valence-corrected chi connectivity index (χ0v) is 14.0. The first-order valence-corrected chi connectivity index (χ1v) is 8.56. The molecule has 1 N–H and O–H groups in total. The number of aliphatic carboxylic acids is 1. The van der Waals surface area contributed by atoms with Crippen LogP contribution in [-0.2, 0) is 20.5 Å². The van der Waals surface area contributed by atoms with Gasteiger partial charge in [0.15, 0.2) is 0 Å². The molecule has 1 aliphatic carbocycles. The van der Waals surface area contributed by atoms with Crippen LogP contribution < -0.4 is 0 Å². The number of carbonyl (C=O) groups is 2. The largest absolute Gasteiger partial charge is 0.481 e. The maximum atomic E-state index is 12.7. The fourth-order valence-electron chi connectivity index (χ4n) is 3.63. The Balaban J connectivity index is 1.64. The van der Waals surface area contributed by atoms with Gasteiger partial charge in [-0.05, 0) is 37.0 Å². The summed E-state index contributed by atoms with van der Waals surface area (Å²) < 4.78 is 43.6. The number of halogens is 3. The first-order valence-electron chi connectivity index (χ1n) is 8.56. The molecule has 26 heavy (non-hydrogen) atoms. The Morgan fingerprint density at radius 3 is 2.35 bits per heavy atom. The van der Waals surface area contributed by atoms with Gasteiger partial charge in [-0.25, -0.2) is 0 Å². The molecule has 1 saturated heterocycles. The molecule has 5 nitrogen and oxygen atoms in total. The quantitative estimate of drug-likeness (QED) is 0.887. The van der Waals surface area contributed by atoms with Crippen LogP contribution in [0, 0.1) is 11.8 Å². The number of nitrogens with zero attached hydrogens (tertiary/aromatic N) is 1. The topological polar surface area (TPSA) is 66.8 Å². The zero-order valence-electron chi connectivity index (χ0n) is 14.0. The number of alkyl halides is 3. The normalized spacial score (nSPS) is 26.7. The third kappa shape index (κ3) is 4.00.